The summed E-state index contributed by atoms with van der Waals surface area (Å²) in [6, 6.07) is 15.7. The van der Waals surface area contributed by atoms with Crippen molar-refractivity contribution in [3.05, 3.63) is 86.4 Å². The third-order valence-corrected chi connectivity index (χ3v) is 5.81. The number of benzene rings is 2. The van der Waals surface area contributed by atoms with E-state index in [1.165, 1.54) is 4.68 Å². The second kappa shape index (κ2) is 8.09. The average molecular weight is 456 g/mol. The Hall–Kier alpha value is -3.29. The molecule has 0 aliphatic rings. The lowest BCUT2D eigenvalue weighted by Gasteiger charge is -2.21. The van der Waals surface area contributed by atoms with Gasteiger partial charge in [-0.05, 0) is 36.6 Å². The number of nitrogen functional groups attached to an aromatic ring is 1. The standard InChI is InChI=1S/C22H19Cl2N5O2/c1-12(26-21(30)18-19(24)28(2)27-20(18)25)16-11-13-7-6-10-15(23)17(13)22(31)29(16)14-8-4-3-5-9-14/h3-12H,1-2H3,(H2,25,27)(H,26,30)/t12-/m0/s1. The summed E-state index contributed by atoms with van der Waals surface area (Å²) in [4.78, 5) is 26.4. The lowest BCUT2D eigenvalue weighted by Crippen LogP contribution is -2.32. The van der Waals surface area contributed by atoms with Gasteiger partial charge in [-0.1, -0.05) is 53.5 Å². The Bertz CT molecular complexity index is 1360. The third kappa shape index (κ3) is 3.66. The average Bonchev–Trinajstić information content (AvgIpc) is 2.99. The van der Waals surface area contributed by atoms with E-state index < -0.39 is 11.9 Å². The first kappa shape index (κ1) is 21.0. The number of aromatic nitrogens is 3. The number of carbonyl (C=O) groups is 1. The zero-order valence-corrected chi connectivity index (χ0v) is 18.3. The van der Waals surface area contributed by atoms with Crippen molar-refractivity contribution in [1.82, 2.24) is 19.7 Å². The van der Waals surface area contributed by atoms with Crippen LogP contribution in [0, 0.1) is 0 Å². The number of hydrogen-bond donors (Lipinski definition) is 2. The van der Waals surface area contributed by atoms with Crippen molar-refractivity contribution in [3.8, 4) is 5.69 Å². The molecule has 0 fully saturated rings. The van der Waals surface area contributed by atoms with Crippen LogP contribution in [0.5, 0.6) is 0 Å². The van der Waals surface area contributed by atoms with Gasteiger partial charge in [0.1, 0.15) is 10.7 Å². The van der Waals surface area contributed by atoms with Gasteiger partial charge >= 0.3 is 0 Å². The first-order chi connectivity index (χ1) is 14.8. The smallest absolute Gasteiger partial charge is 0.264 e. The fourth-order valence-corrected chi connectivity index (χ4v) is 4.06. The SMILES string of the molecule is C[C@H](NC(=O)c1c(N)nn(C)c1Cl)c1cc2cccc(Cl)c2c(=O)n1-c1ccccc1. The Morgan fingerprint density at radius 2 is 1.84 bits per heavy atom. The van der Waals surface area contributed by atoms with Gasteiger partial charge < -0.3 is 11.1 Å². The van der Waals surface area contributed by atoms with Gasteiger partial charge in [-0.25, -0.2) is 0 Å². The van der Waals surface area contributed by atoms with E-state index in [1.54, 1.807) is 30.7 Å². The third-order valence-electron chi connectivity index (χ3n) is 5.06. The van der Waals surface area contributed by atoms with Crippen LogP contribution in [0.4, 0.5) is 5.82 Å². The van der Waals surface area contributed by atoms with Crippen molar-refractivity contribution in [3.63, 3.8) is 0 Å². The highest BCUT2D eigenvalue weighted by atomic mass is 35.5. The maximum absolute atomic E-state index is 13.5. The van der Waals surface area contributed by atoms with Crippen LogP contribution < -0.4 is 16.6 Å². The molecule has 9 heteroatoms. The number of fused-ring (bicyclic) bond motifs is 1. The van der Waals surface area contributed by atoms with Crippen LogP contribution in [0.2, 0.25) is 10.2 Å². The van der Waals surface area contributed by atoms with E-state index in [9.17, 15) is 9.59 Å². The minimum atomic E-state index is -0.556. The summed E-state index contributed by atoms with van der Waals surface area (Å²) in [5.74, 6) is -0.454. The maximum Gasteiger partial charge on any atom is 0.264 e. The van der Waals surface area contributed by atoms with Crippen LogP contribution in [0.3, 0.4) is 0 Å². The molecule has 0 radical (unpaired) electrons. The van der Waals surface area contributed by atoms with Gasteiger partial charge in [0.05, 0.1) is 16.5 Å². The highest BCUT2D eigenvalue weighted by molar-refractivity contribution is 6.35. The predicted octanol–water partition coefficient (Wildman–Crippen LogP) is 4.10. The first-order valence-electron chi connectivity index (χ1n) is 9.48. The topological polar surface area (TPSA) is 94.9 Å². The number of nitrogens with zero attached hydrogens (tertiary/aromatic N) is 3. The molecule has 1 amide bonds. The molecule has 0 saturated carbocycles. The molecule has 31 heavy (non-hydrogen) atoms. The molecule has 2 heterocycles. The van der Waals surface area contributed by atoms with Crippen LogP contribution in [-0.2, 0) is 7.05 Å². The number of nitrogens with two attached hydrogens (primary N) is 1. The van der Waals surface area contributed by atoms with Crippen molar-refractivity contribution in [2.24, 2.45) is 7.05 Å². The summed E-state index contributed by atoms with van der Waals surface area (Å²) >= 11 is 12.5. The maximum atomic E-state index is 13.5. The molecule has 2 aromatic carbocycles. The van der Waals surface area contributed by atoms with E-state index in [0.717, 1.165) is 0 Å². The number of amides is 1. The summed E-state index contributed by atoms with van der Waals surface area (Å²) in [6.07, 6.45) is 0. The molecule has 7 nitrogen and oxygen atoms in total. The Morgan fingerprint density at radius 3 is 2.48 bits per heavy atom. The normalized spacial score (nSPS) is 12.1. The molecule has 0 unspecified atom stereocenters. The van der Waals surface area contributed by atoms with Crippen LogP contribution >= 0.6 is 23.2 Å². The minimum Gasteiger partial charge on any atom is -0.382 e. The second-order valence-electron chi connectivity index (χ2n) is 7.12. The van der Waals surface area contributed by atoms with E-state index in [4.69, 9.17) is 28.9 Å². The number of anilines is 1. The van der Waals surface area contributed by atoms with E-state index in [2.05, 4.69) is 10.4 Å². The second-order valence-corrected chi connectivity index (χ2v) is 7.88. The van der Waals surface area contributed by atoms with Crippen LogP contribution in [0.25, 0.3) is 16.5 Å². The van der Waals surface area contributed by atoms with Crippen molar-refractivity contribution in [1.29, 1.82) is 0 Å². The summed E-state index contributed by atoms with van der Waals surface area (Å²) in [5, 5.41) is 8.44. The summed E-state index contributed by atoms with van der Waals surface area (Å²) < 4.78 is 2.88. The molecule has 0 saturated heterocycles. The Balaban J connectivity index is 1.86. The van der Waals surface area contributed by atoms with Gasteiger partial charge in [0.2, 0.25) is 0 Å². The van der Waals surface area contributed by atoms with Crippen molar-refractivity contribution in [2.45, 2.75) is 13.0 Å². The summed E-state index contributed by atoms with van der Waals surface area (Å²) in [5.41, 5.74) is 6.90. The van der Waals surface area contributed by atoms with Gasteiger partial charge in [-0.2, -0.15) is 5.10 Å². The molecule has 0 aliphatic heterocycles. The zero-order valence-electron chi connectivity index (χ0n) is 16.8. The molecule has 3 N–H and O–H groups in total. The summed E-state index contributed by atoms with van der Waals surface area (Å²) in [6.45, 7) is 1.78. The zero-order chi connectivity index (χ0) is 22.3. The monoisotopic (exact) mass is 455 g/mol. The van der Waals surface area contributed by atoms with E-state index in [1.807, 2.05) is 42.5 Å². The summed E-state index contributed by atoms with van der Waals surface area (Å²) in [7, 11) is 1.60. The number of carbonyl (C=O) groups excluding carboxylic acids is 1. The largest absolute Gasteiger partial charge is 0.382 e. The number of nitrogens with one attached hydrogen (secondary N) is 1. The Morgan fingerprint density at radius 1 is 1.13 bits per heavy atom. The van der Waals surface area contributed by atoms with Gasteiger partial charge in [-0.3, -0.25) is 18.8 Å². The van der Waals surface area contributed by atoms with Gasteiger partial charge in [0, 0.05) is 18.4 Å². The van der Waals surface area contributed by atoms with Gasteiger partial charge in [-0.15, -0.1) is 0 Å². The van der Waals surface area contributed by atoms with Gasteiger partial charge in [0.25, 0.3) is 11.5 Å². The van der Waals surface area contributed by atoms with Crippen LogP contribution in [-0.4, -0.2) is 20.3 Å². The molecule has 0 spiro atoms. The van der Waals surface area contributed by atoms with Crippen molar-refractivity contribution < 1.29 is 4.79 Å². The molecule has 4 rings (SSSR count). The first-order valence-corrected chi connectivity index (χ1v) is 10.2. The van der Waals surface area contributed by atoms with Crippen molar-refractivity contribution in [2.75, 3.05) is 5.73 Å². The highest BCUT2D eigenvalue weighted by Gasteiger charge is 2.24. The molecule has 1 atom stereocenters. The molecule has 0 aliphatic carbocycles. The Labute approximate surface area is 188 Å². The van der Waals surface area contributed by atoms with E-state index in [0.29, 0.717) is 27.2 Å². The van der Waals surface area contributed by atoms with Gasteiger partial charge in [0.15, 0.2) is 5.82 Å². The van der Waals surface area contributed by atoms with Crippen LogP contribution in [0.15, 0.2) is 59.4 Å². The number of para-hydroxylation sites is 1. The molecule has 158 valence electrons. The molecular weight excluding hydrogens is 437 g/mol. The molecule has 0 bridgehead atoms. The minimum absolute atomic E-state index is 0.0305. The van der Waals surface area contributed by atoms with E-state index in [-0.39, 0.29) is 22.1 Å². The predicted molar refractivity (Wildman–Crippen MR) is 123 cm³/mol. The number of halogens is 2. The lowest BCUT2D eigenvalue weighted by molar-refractivity contribution is 0.0939. The number of rotatable bonds is 4. The fraction of sp³-hybridized carbons (Fsp3) is 0.136. The molecule has 2 aromatic heterocycles. The van der Waals surface area contributed by atoms with Crippen molar-refractivity contribution >= 4 is 45.7 Å². The molecule has 4 aromatic rings. The fourth-order valence-electron chi connectivity index (χ4n) is 3.58. The lowest BCUT2D eigenvalue weighted by atomic mass is 10.1. The highest BCUT2D eigenvalue weighted by Crippen LogP contribution is 2.27. The number of hydrogen-bond acceptors (Lipinski definition) is 4. The molecular formula is C22H19Cl2N5O2. The number of aryl methyl sites for hydroxylation is 1. The quantitative estimate of drug-likeness (QED) is 0.483. The van der Waals surface area contributed by atoms with E-state index >= 15 is 0 Å². The number of pyridine rings is 1. The Kier molecular flexibility index (Phi) is 5.47. The van der Waals surface area contributed by atoms with Crippen LogP contribution in [0.1, 0.15) is 29.0 Å².